The van der Waals surface area contributed by atoms with Gasteiger partial charge in [-0.05, 0) is 54.8 Å². The van der Waals surface area contributed by atoms with E-state index in [-0.39, 0.29) is 18.0 Å². The molecule has 0 aliphatic carbocycles. The highest BCUT2D eigenvalue weighted by atomic mass is 16.2. The molecule has 138 valence electrons. The van der Waals surface area contributed by atoms with Crippen molar-refractivity contribution < 1.29 is 4.79 Å². The van der Waals surface area contributed by atoms with E-state index < -0.39 is 0 Å². The zero-order chi connectivity index (χ0) is 19.5. The number of nitrogens with one attached hydrogen (secondary N) is 1. The maximum Gasteiger partial charge on any atom is 0.258 e. The van der Waals surface area contributed by atoms with E-state index >= 15 is 0 Å². The van der Waals surface area contributed by atoms with Gasteiger partial charge in [0.2, 0.25) is 0 Å². The highest BCUT2D eigenvalue weighted by molar-refractivity contribution is 6.06. The summed E-state index contributed by atoms with van der Waals surface area (Å²) >= 11 is 0. The summed E-state index contributed by atoms with van der Waals surface area (Å²) in [6.45, 7) is 2.20. The van der Waals surface area contributed by atoms with Crippen LogP contribution in [0.3, 0.4) is 0 Å². The molecule has 3 aromatic carbocycles. The molecule has 0 aliphatic rings. The number of H-pyrrole nitrogens is 1. The first kappa shape index (κ1) is 17.7. The van der Waals surface area contributed by atoms with E-state index in [1.165, 1.54) is 0 Å². The van der Waals surface area contributed by atoms with E-state index in [1.807, 2.05) is 79.7 Å². The lowest BCUT2D eigenvalue weighted by Gasteiger charge is -2.23. The third-order valence-electron chi connectivity index (χ3n) is 4.74. The van der Waals surface area contributed by atoms with Crippen molar-refractivity contribution in [3.8, 4) is 0 Å². The molecular formula is C24H20N2O2. The van der Waals surface area contributed by atoms with Crippen molar-refractivity contribution in [2.75, 3.05) is 4.90 Å². The molecule has 4 rings (SSSR count). The molecule has 4 heteroatoms. The van der Waals surface area contributed by atoms with Crippen molar-refractivity contribution in [2.45, 2.75) is 13.5 Å². The first-order chi connectivity index (χ1) is 13.6. The van der Waals surface area contributed by atoms with Gasteiger partial charge in [0, 0.05) is 22.3 Å². The fourth-order valence-corrected chi connectivity index (χ4v) is 3.28. The second kappa shape index (κ2) is 7.53. The van der Waals surface area contributed by atoms with Gasteiger partial charge < -0.3 is 9.88 Å². The molecular weight excluding hydrogens is 348 g/mol. The number of hydrogen-bond donors (Lipinski definition) is 1. The Kier molecular flexibility index (Phi) is 4.77. The number of hydrogen-bond acceptors (Lipinski definition) is 2. The minimum absolute atomic E-state index is 0.143. The van der Waals surface area contributed by atoms with Crippen LogP contribution in [0.4, 0.5) is 5.69 Å². The standard InChI is InChI=1S/C24H20N2O2/c1-17-12-13-22-19(14-17)15-20(23(27)25-22)16-26(21-10-6-3-7-11-21)24(28)18-8-4-2-5-9-18/h2-15H,16H2,1H3,(H,25,27). The number of carbonyl (C=O) groups excluding carboxylic acids is 1. The number of amides is 1. The van der Waals surface area contributed by atoms with Crippen LogP contribution in [-0.4, -0.2) is 10.9 Å². The molecule has 0 saturated carbocycles. The Balaban J connectivity index is 1.78. The molecule has 1 heterocycles. The lowest BCUT2D eigenvalue weighted by atomic mass is 10.1. The summed E-state index contributed by atoms with van der Waals surface area (Å²) in [6.07, 6.45) is 0. The Morgan fingerprint density at radius 1 is 0.893 bits per heavy atom. The predicted octanol–water partition coefficient (Wildman–Crippen LogP) is 4.68. The Bertz CT molecular complexity index is 1180. The van der Waals surface area contributed by atoms with Gasteiger partial charge in [-0.15, -0.1) is 0 Å². The average Bonchev–Trinajstić information content (AvgIpc) is 2.73. The minimum Gasteiger partial charge on any atom is -0.322 e. The second-order valence-corrected chi connectivity index (χ2v) is 6.81. The van der Waals surface area contributed by atoms with E-state index in [2.05, 4.69) is 4.98 Å². The third-order valence-corrected chi connectivity index (χ3v) is 4.74. The molecule has 1 N–H and O–H groups in total. The van der Waals surface area contributed by atoms with Crippen molar-refractivity contribution in [3.05, 3.63) is 112 Å². The summed E-state index contributed by atoms with van der Waals surface area (Å²) in [7, 11) is 0. The van der Waals surface area contributed by atoms with E-state index in [0.29, 0.717) is 11.1 Å². The van der Waals surface area contributed by atoms with E-state index in [0.717, 1.165) is 22.2 Å². The number of aryl methyl sites for hydroxylation is 1. The van der Waals surface area contributed by atoms with Gasteiger partial charge in [0.25, 0.3) is 11.5 Å². The molecule has 0 spiro atoms. The minimum atomic E-state index is -0.182. The number of fused-ring (bicyclic) bond motifs is 1. The summed E-state index contributed by atoms with van der Waals surface area (Å²) in [5.74, 6) is -0.143. The largest absolute Gasteiger partial charge is 0.322 e. The number of benzene rings is 3. The van der Waals surface area contributed by atoms with Crippen molar-refractivity contribution >= 4 is 22.5 Å². The van der Waals surface area contributed by atoms with Crippen LogP contribution in [0.5, 0.6) is 0 Å². The Hall–Kier alpha value is -3.66. The maximum atomic E-state index is 13.2. The van der Waals surface area contributed by atoms with Gasteiger partial charge in [-0.3, -0.25) is 9.59 Å². The van der Waals surface area contributed by atoms with Gasteiger partial charge in [-0.1, -0.05) is 48.0 Å². The molecule has 0 atom stereocenters. The number of aromatic nitrogens is 1. The predicted molar refractivity (Wildman–Crippen MR) is 113 cm³/mol. The van der Waals surface area contributed by atoms with Crippen LogP contribution in [0.2, 0.25) is 0 Å². The van der Waals surface area contributed by atoms with Crippen LogP contribution in [0, 0.1) is 6.92 Å². The molecule has 0 aliphatic heterocycles. The number of anilines is 1. The molecule has 0 fully saturated rings. The van der Waals surface area contributed by atoms with Crippen LogP contribution in [0.1, 0.15) is 21.5 Å². The van der Waals surface area contributed by atoms with Crippen molar-refractivity contribution in [1.82, 2.24) is 4.98 Å². The third kappa shape index (κ3) is 3.58. The average molecular weight is 368 g/mol. The first-order valence-corrected chi connectivity index (χ1v) is 9.16. The van der Waals surface area contributed by atoms with E-state index in [4.69, 9.17) is 0 Å². The zero-order valence-corrected chi connectivity index (χ0v) is 15.6. The summed E-state index contributed by atoms with van der Waals surface area (Å²) in [6, 6.07) is 26.3. The molecule has 0 saturated heterocycles. The van der Waals surface area contributed by atoms with E-state index in [1.54, 1.807) is 17.0 Å². The lowest BCUT2D eigenvalue weighted by Crippen LogP contribution is -2.32. The van der Waals surface area contributed by atoms with Gasteiger partial charge in [-0.2, -0.15) is 0 Å². The first-order valence-electron chi connectivity index (χ1n) is 9.16. The summed E-state index contributed by atoms with van der Waals surface area (Å²) in [5.41, 5.74) is 3.61. The normalized spacial score (nSPS) is 10.8. The topological polar surface area (TPSA) is 53.2 Å². The smallest absolute Gasteiger partial charge is 0.258 e. The molecule has 0 unspecified atom stereocenters. The van der Waals surface area contributed by atoms with Crippen LogP contribution < -0.4 is 10.5 Å². The SMILES string of the molecule is Cc1ccc2[nH]c(=O)c(CN(C(=O)c3ccccc3)c3ccccc3)cc2c1. The quantitative estimate of drug-likeness (QED) is 0.568. The molecule has 1 aromatic heterocycles. The van der Waals surface area contributed by atoms with Crippen LogP contribution in [-0.2, 0) is 6.54 Å². The number of aromatic amines is 1. The Labute approximate surface area is 163 Å². The van der Waals surface area contributed by atoms with Crippen molar-refractivity contribution in [3.63, 3.8) is 0 Å². The van der Waals surface area contributed by atoms with Crippen molar-refractivity contribution in [1.29, 1.82) is 0 Å². The number of nitrogens with zero attached hydrogens (tertiary/aromatic N) is 1. The number of para-hydroxylation sites is 1. The van der Waals surface area contributed by atoms with Crippen LogP contribution in [0.25, 0.3) is 10.9 Å². The second-order valence-electron chi connectivity index (χ2n) is 6.81. The highest BCUT2D eigenvalue weighted by Crippen LogP contribution is 2.20. The maximum absolute atomic E-state index is 13.2. The van der Waals surface area contributed by atoms with Crippen molar-refractivity contribution in [2.24, 2.45) is 0 Å². The zero-order valence-electron chi connectivity index (χ0n) is 15.6. The molecule has 4 aromatic rings. The fourth-order valence-electron chi connectivity index (χ4n) is 3.28. The van der Waals surface area contributed by atoms with Gasteiger partial charge in [0.1, 0.15) is 0 Å². The molecule has 0 bridgehead atoms. The highest BCUT2D eigenvalue weighted by Gasteiger charge is 2.19. The van der Waals surface area contributed by atoms with Gasteiger partial charge in [0.15, 0.2) is 0 Å². The lowest BCUT2D eigenvalue weighted by molar-refractivity contribution is 0.0985. The Morgan fingerprint density at radius 3 is 2.29 bits per heavy atom. The molecule has 0 radical (unpaired) electrons. The van der Waals surface area contributed by atoms with E-state index in [9.17, 15) is 9.59 Å². The Morgan fingerprint density at radius 2 is 1.57 bits per heavy atom. The number of pyridine rings is 1. The van der Waals surface area contributed by atoms with Gasteiger partial charge in [-0.25, -0.2) is 0 Å². The monoisotopic (exact) mass is 368 g/mol. The van der Waals surface area contributed by atoms with Crippen LogP contribution in [0.15, 0.2) is 89.7 Å². The van der Waals surface area contributed by atoms with Crippen LogP contribution >= 0.6 is 0 Å². The molecule has 1 amide bonds. The molecule has 4 nitrogen and oxygen atoms in total. The summed E-state index contributed by atoms with van der Waals surface area (Å²) in [4.78, 5) is 30.4. The summed E-state index contributed by atoms with van der Waals surface area (Å²) in [5, 5.41) is 0.953. The van der Waals surface area contributed by atoms with Gasteiger partial charge >= 0.3 is 0 Å². The number of rotatable bonds is 4. The van der Waals surface area contributed by atoms with Gasteiger partial charge in [0.05, 0.1) is 6.54 Å². The number of carbonyl (C=O) groups is 1. The fraction of sp³-hybridized carbons (Fsp3) is 0.0833. The summed E-state index contributed by atoms with van der Waals surface area (Å²) < 4.78 is 0. The molecule has 28 heavy (non-hydrogen) atoms.